The lowest BCUT2D eigenvalue weighted by Crippen LogP contribution is -2.27. The second-order valence-corrected chi connectivity index (χ2v) is 6.11. The SMILES string of the molecule is CC1CCC(OCCCc2cccc(N)c2)CC1C. The molecule has 0 heterocycles. The lowest BCUT2D eigenvalue weighted by Gasteiger charge is -2.32. The molecule has 2 N–H and O–H groups in total. The van der Waals surface area contributed by atoms with Gasteiger partial charge in [-0.25, -0.2) is 0 Å². The van der Waals surface area contributed by atoms with E-state index in [-0.39, 0.29) is 0 Å². The van der Waals surface area contributed by atoms with Crippen LogP contribution in [0.4, 0.5) is 5.69 Å². The maximum Gasteiger partial charge on any atom is 0.0577 e. The number of nitrogen functional groups attached to an aromatic ring is 1. The summed E-state index contributed by atoms with van der Waals surface area (Å²) in [7, 11) is 0. The molecule has 1 fully saturated rings. The highest BCUT2D eigenvalue weighted by Gasteiger charge is 2.24. The van der Waals surface area contributed by atoms with Crippen LogP contribution >= 0.6 is 0 Å². The molecule has 0 aliphatic heterocycles. The summed E-state index contributed by atoms with van der Waals surface area (Å²) in [6.45, 7) is 5.59. The number of ether oxygens (including phenoxy) is 1. The van der Waals surface area contributed by atoms with Crippen molar-refractivity contribution >= 4 is 5.69 Å². The van der Waals surface area contributed by atoms with Gasteiger partial charge in [-0.05, 0) is 61.6 Å². The summed E-state index contributed by atoms with van der Waals surface area (Å²) < 4.78 is 6.02. The fraction of sp³-hybridized carbons (Fsp3) is 0.647. The first-order chi connectivity index (χ1) is 9.15. The van der Waals surface area contributed by atoms with Crippen LogP contribution in [0.1, 0.15) is 45.1 Å². The Balaban J connectivity index is 1.64. The van der Waals surface area contributed by atoms with Crippen molar-refractivity contribution in [1.82, 2.24) is 0 Å². The maximum absolute atomic E-state index is 6.02. The molecule has 1 aromatic carbocycles. The summed E-state index contributed by atoms with van der Waals surface area (Å²) in [4.78, 5) is 0. The van der Waals surface area contributed by atoms with Crippen LogP contribution < -0.4 is 5.73 Å². The molecule has 0 spiro atoms. The first kappa shape index (κ1) is 14.4. The van der Waals surface area contributed by atoms with Gasteiger partial charge in [-0.3, -0.25) is 0 Å². The number of rotatable bonds is 5. The highest BCUT2D eigenvalue weighted by atomic mass is 16.5. The minimum atomic E-state index is 0.493. The fourth-order valence-electron chi connectivity index (χ4n) is 2.92. The van der Waals surface area contributed by atoms with Crippen molar-refractivity contribution in [3.8, 4) is 0 Å². The Morgan fingerprint density at radius 1 is 1.21 bits per heavy atom. The van der Waals surface area contributed by atoms with E-state index in [1.165, 1.54) is 24.8 Å². The highest BCUT2D eigenvalue weighted by molar-refractivity contribution is 5.40. The van der Waals surface area contributed by atoms with Gasteiger partial charge in [0.15, 0.2) is 0 Å². The Morgan fingerprint density at radius 3 is 2.79 bits per heavy atom. The van der Waals surface area contributed by atoms with Gasteiger partial charge in [-0.1, -0.05) is 26.0 Å². The number of anilines is 1. The fourth-order valence-corrected chi connectivity index (χ4v) is 2.92. The van der Waals surface area contributed by atoms with E-state index in [1.807, 2.05) is 12.1 Å². The van der Waals surface area contributed by atoms with E-state index in [2.05, 4.69) is 26.0 Å². The molecule has 1 aromatic rings. The molecule has 3 unspecified atom stereocenters. The summed E-state index contributed by atoms with van der Waals surface area (Å²) in [5, 5.41) is 0. The minimum absolute atomic E-state index is 0.493. The number of hydrogen-bond acceptors (Lipinski definition) is 2. The topological polar surface area (TPSA) is 35.2 Å². The average Bonchev–Trinajstić information content (AvgIpc) is 2.39. The Bertz CT molecular complexity index is 391. The minimum Gasteiger partial charge on any atom is -0.399 e. The van der Waals surface area contributed by atoms with Crippen molar-refractivity contribution in [2.24, 2.45) is 11.8 Å². The van der Waals surface area contributed by atoms with Crippen LogP contribution in [-0.2, 0) is 11.2 Å². The van der Waals surface area contributed by atoms with Crippen molar-refractivity contribution in [2.45, 2.75) is 52.1 Å². The zero-order chi connectivity index (χ0) is 13.7. The zero-order valence-electron chi connectivity index (χ0n) is 12.3. The van der Waals surface area contributed by atoms with E-state index >= 15 is 0 Å². The van der Waals surface area contributed by atoms with Crippen molar-refractivity contribution in [2.75, 3.05) is 12.3 Å². The molecule has 0 amide bonds. The van der Waals surface area contributed by atoms with Crippen LogP contribution in [0.5, 0.6) is 0 Å². The normalized spacial score (nSPS) is 27.4. The van der Waals surface area contributed by atoms with Gasteiger partial charge in [-0.15, -0.1) is 0 Å². The van der Waals surface area contributed by atoms with E-state index in [9.17, 15) is 0 Å². The van der Waals surface area contributed by atoms with Crippen LogP contribution in [0, 0.1) is 11.8 Å². The van der Waals surface area contributed by atoms with Gasteiger partial charge >= 0.3 is 0 Å². The highest BCUT2D eigenvalue weighted by Crippen LogP contribution is 2.30. The van der Waals surface area contributed by atoms with Crippen LogP contribution in [0.15, 0.2) is 24.3 Å². The predicted octanol–water partition coefficient (Wildman–Crippen LogP) is 4.04. The van der Waals surface area contributed by atoms with Gasteiger partial charge in [0.05, 0.1) is 6.10 Å². The standard InChI is InChI=1S/C17H27NO/c1-13-8-9-17(11-14(13)2)19-10-4-6-15-5-3-7-16(18)12-15/h3,5,7,12-14,17H,4,6,8-11,18H2,1-2H3. The van der Waals surface area contributed by atoms with Gasteiger partial charge in [0.25, 0.3) is 0 Å². The van der Waals surface area contributed by atoms with Crippen LogP contribution in [0.25, 0.3) is 0 Å². The molecule has 0 radical (unpaired) electrons. The summed E-state index contributed by atoms with van der Waals surface area (Å²) in [6, 6.07) is 8.16. The van der Waals surface area contributed by atoms with Gasteiger partial charge < -0.3 is 10.5 Å². The van der Waals surface area contributed by atoms with E-state index < -0.39 is 0 Å². The molecule has 0 saturated heterocycles. The summed E-state index contributed by atoms with van der Waals surface area (Å²) in [6.07, 6.45) is 6.43. The molecule has 2 nitrogen and oxygen atoms in total. The molecule has 0 bridgehead atoms. The third kappa shape index (κ3) is 4.54. The lowest BCUT2D eigenvalue weighted by atomic mass is 9.80. The van der Waals surface area contributed by atoms with Gasteiger partial charge in [-0.2, -0.15) is 0 Å². The van der Waals surface area contributed by atoms with Crippen molar-refractivity contribution in [1.29, 1.82) is 0 Å². The van der Waals surface area contributed by atoms with Crippen LogP contribution in [0.3, 0.4) is 0 Å². The third-order valence-electron chi connectivity index (χ3n) is 4.46. The Hall–Kier alpha value is -1.02. The lowest BCUT2D eigenvalue weighted by molar-refractivity contribution is 0.00177. The van der Waals surface area contributed by atoms with Crippen LogP contribution in [-0.4, -0.2) is 12.7 Å². The molecule has 1 aliphatic rings. The van der Waals surface area contributed by atoms with Gasteiger partial charge in [0, 0.05) is 12.3 Å². The molecule has 2 heteroatoms. The number of nitrogens with two attached hydrogens (primary N) is 1. The van der Waals surface area contributed by atoms with E-state index in [1.54, 1.807) is 0 Å². The number of benzene rings is 1. The largest absolute Gasteiger partial charge is 0.399 e. The number of hydrogen-bond donors (Lipinski definition) is 1. The third-order valence-corrected chi connectivity index (χ3v) is 4.46. The van der Waals surface area contributed by atoms with Crippen molar-refractivity contribution < 1.29 is 4.74 Å². The second kappa shape index (κ2) is 6.95. The molecule has 19 heavy (non-hydrogen) atoms. The quantitative estimate of drug-likeness (QED) is 0.641. The molecule has 106 valence electrons. The second-order valence-electron chi connectivity index (χ2n) is 6.11. The van der Waals surface area contributed by atoms with Crippen molar-refractivity contribution in [3.63, 3.8) is 0 Å². The Labute approximate surface area is 117 Å². The average molecular weight is 261 g/mol. The Morgan fingerprint density at radius 2 is 2.05 bits per heavy atom. The summed E-state index contributed by atoms with van der Waals surface area (Å²) in [5.41, 5.74) is 7.95. The molecular weight excluding hydrogens is 234 g/mol. The van der Waals surface area contributed by atoms with Crippen LogP contribution in [0.2, 0.25) is 0 Å². The first-order valence-electron chi connectivity index (χ1n) is 7.61. The van der Waals surface area contributed by atoms with E-state index in [4.69, 9.17) is 10.5 Å². The predicted molar refractivity (Wildman–Crippen MR) is 81.1 cm³/mol. The Kier molecular flexibility index (Phi) is 5.26. The van der Waals surface area contributed by atoms with E-state index in [0.29, 0.717) is 6.10 Å². The molecule has 3 atom stereocenters. The molecule has 1 aliphatic carbocycles. The molecule has 1 saturated carbocycles. The smallest absolute Gasteiger partial charge is 0.0577 e. The van der Waals surface area contributed by atoms with Gasteiger partial charge in [0.2, 0.25) is 0 Å². The molecule has 0 aromatic heterocycles. The zero-order valence-corrected chi connectivity index (χ0v) is 12.3. The monoisotopic (exact) mass is 261 g/mol. The van der Waals surface area contributed by atoms with Gasteiger partial charge in [0.1, 0.15) is 0 Å². The molecular formula is C17H27NO. The summed E-state index contributed by atoms with van der Waals surface area (Å²) in [5.74, 6) is 1.68. The van der Waals surface area contributed by atoms with E-state index in [0.717, 1.165) is 37.0 Å². The summed E-state index contributed by atoms with van der Waals surface area (Å²) >= 11 is 0. The maximum atomic E-state index is 6.02. The first-order valence-corrected chi connectivity index (χ1v) is 7.61. The van der Waals surface area contributed by atoms with Crippen molar-refractivity contribution in [3.05, 3.63) is 29.8 Å². The number of aryl methyl sites for hydroxylation is 1. The molecule has 2 rings (SSSR count).